The lowest BCUT2D eigenvalue weighted by Crippen LogP contribution is -2.51. The molecular formula is C20H24FN3O4S. The number of methoxy groups -OCH3 is 1. The summed E-state index contributed by atoms with van der Waals surface area (Å²) < 4.78 is 44.4. The zero-order chi connectivity index (χ0) is 21.1. The topological polar surface area (TPSA) is 102 Å². The summed E-state index contributed by atoms with van der Waals surface area (Å²) in [4.78, 5) is 12.7. The number of carbonyl (C=O) groups excluding carboxylic acids is 1. The van der Waals surface area contributed by atoms with Crippen molar-refractivity contribution in [2.45, 2.75) is 18.3 Å². The van der Waals surface area contributed by atoms with Crippen LogP contribution in [0.15, 0.2) is 48.5 Å². The van der Waals surface area contributed by atoms with Gasteiger partial charge in [0.2, 0.25) is 0 Å². The molecule has 3 rings (SSSR count). The SMILES string of the molecule is COc1ccccc1C(=O)NCC1(c2ccccc2F)CCN(S(N)(=O)=O)CC1. The number of nitrogens with two attached hydrogens (primary N) is 1. The summed E-state index contributed by atoms with van der Waals surface area (Å²) in [5.74, 6) is -0.288. The molecule has 0 bridgehead atoms. The Kier molecular flexibility index (Phi) is 6.21. The Hall–Kier alpha value is -2.49. The highest BCUT2D eigenvalue weighted by atomic mass is 32.2. The standard InChI is InChI=1S/C20H24FN3O4S/c1-28-18-9-5-2-6-15(18)19(25)23-14-20(16-7-3-4-8-17(16)21)10-12-24(13-11-20)29(22,26)27/h2-9H,10-14H2,1H3,(H,23,25)(H2,22,26,27). The van der Waals surface area contributed by atoms with Crippen LogP contribution in [0, 0.1) is 5.82 Å². The van der Waals surface area contributed by atoms with Gasteiger partial charge in [0, 0.05) is 25.0 Å². The lowest BCUT2D eigenvalue weighted by atomic mass is 9.72. The number of rotatable bonds is 6. The summed E-state index contributed by atoms with van der Waals surface area (Å²) >= 11 is 0. The molecule has 9 heteroatoms. The monoisotopic (exact) mass is 421 g/mol. The molecule has 2 aromatic rings. The van der Waals surface area contributed by atoms with Crippen molar-refractivity contribution in [1.82, 2.24) is 9.62 Å². The van der Waals surface area contributed by atoms with Gasteiger partial charge in [0.25, 0.3) is 16.1 Å². The molecule has 1 fully saturated rings. The van der Waals surface area contributed by atoms with Gasteiger partial charge in [0.05, 0.1) is 12.7 Å². The lowest BCUT2D eigenvalue weighted by Gasteiger charge is -2.41. The number of carbonyl (C=O) groups is 1. The lowest BCUT2D eigenvalue weighted by molar-refractivity contribution is 0.0929. The van der Waals surface area contributed by atoms with Gasteiger partial charge in [-0.05, 0) is 36.6 Å². The Morgan fingerprint density at radius 1 is 1.17 bits per heavy atom. The number of halogens is 1. The third-order valence-corrected chi connectivity index (χ3v) is 6.51. The van der Waals surface area contributed by atoms with Crippen LogP contribution >= 0.6 is 0 Å². The molecule has 1 saturated heterocycles. The molecule has 0 unspecified atom stereocenters. The third-order valence-electron chi connectivity index (χ3n) is 5.42. The van der Waals surface area contributed by atoms with E-state index in [1.165, 1.54) is 17.5 Å². The normalized spacial score (nSPS) is 16.9. The van der Waals surface area contributed by atoms with Gasteiger partial charge in [-0.1, -0.05) is 30.3 Å². The van der Waals surface area contributed by atoms with E-state index in [1.807, 2.05) is 0 Å². The summed E-state index contributed by atoms with van der Waals surface area (Å²) in [5, 5.41) is 8.12. The first-order chi connectivity index (χ1) is 13.8. The van der Waals surface area contributed by atoms with Crippen molar-refractivity contribution in [2.75, 3.05) is 26.7 Å². The molecule has 0 radical (unpaired) electrons. The predicted octanol–water partition coefficient (Wildman–Crippen LogP) is 1.80. The Morgan fingerprint density at radius 3 is 2.41 bits per heavy atom. The van der Waals surface area contributed by atoms with E-state index in [2.05, 4.69) is 5.32 Å². The van der Waals surface area contributed by atoms with Crippen molar-refractivity contribution in [3.8, 4) is 5.75 Å². The summed E-state index contributed by atoms with van der Waals surface area (Å²) in [6.45, 7) is 0.457. The second-order valence-electron chi connectivity index (χ2n) is 7.09. The fourth-order valence-corrected chi connectivity index (χ4v) is 4.47. The van der Waals surface area contributed by atoms with Crippen LogP contribution in [-0.2, 0) is 15.6 Å². The maximum atomic E-state index is 14.6. The van der Waals surface area contributed by atoms with Crippen LogP contribution in [0.25, 0.3) is 0 Å². The smallest absolute Gasteiger partial charge is 0.276 e. The summed E-state index contributed by atoms with van der Waals surface area (Å²) in [5.41, 5.74) is 0.0829. The first-order valence-electron chi connectivity index (χ1n) is 9.21. The highest BCUT2D eigenvalue weighted by Gasteiger charge is 2.40. The van der Waals surface area contributed by atoms with Gasteiger partial charge in [-0.2, -0.15) is 12.7 Å². The zero-order valence-electron chi connectivity index (χ0n) is 16.1. The van der Waals surface area contributed by atoms with E-state index < -0.39 is 15.6 Å². The minimum Gasteiger partial charge on any atom is -0.496 e. The quantitative estimate of drug-likeness (QED) is 0.743. The Morgan fingerprint density at radius 2 is 1.79 bits per heavy atom. The molecule has 0 saturated carbocycles. The molecule has 0 aliphatic carbocycles. The second-order valence-corrected chi connectivity index (χ2v) is 8.63. The molecule has 1 aliphatic heterocycles. The van der Waals surface area contributed by atoms with E-state index >= 15 is 0 Å². The number of para-hydroxylation sites is 1. The molecule has 1 amide bonds. The summed E-state index contributed by atoms with van der Waals surface area (Å²) in [7, 11) is -2.33. The van der Waals surface area contributed by atoms with Crippen molar-refractivity contribution >= 4 is 16.1 Å². The van der Waals surface area contributed by atoms with Crippen molar-refractivity contribution in [3.05, 3.63) is 65.5 Å². The fourth-order valence-electron chi connectivity index (χ4n) is 3.78. The molecule has 1 heterocycles. The van der Waals surface area contributed by atoms with Gasteiger partial charge in [-0.25, -0.2) is 9.53 Å². The van der Waals surface area contributed by atoms with E-state index in [1.54, 1.807) is 42.5 Å². The Bertz CT molecular complexity index is 989. The van der Waals surface area contributed by atoms with E-state index in [0.717, 1.165) is 0 Å². The molecule has 156 valence electrons. The number of nitrogens with one attached hydrogen (secondary N) is 1. The number of amides is 1. The van der Waals surface area contributed by atoms with Crippen LogP contribution in [0.5, 0.6) is 5.75 Å². The van der Waals surface area contributed by atoms with Crippen molar-refractivity contribution in [2.24, 2.45) is 5.14 Å². The van der Waals surface area contributed by atoms with Gasteiger partial charge < -0.3 is 10.1 Å². The maximum Gasteiger partial charge on any atom is 0.276 e. The molecule has 0 aromatic heterocycles. The summed E-state index contributed by atoms with van der Waals surface area (Å²) in [6.07, 6.45) is 0.660. The summed E-state index contributed by atoms with van der Waals surface area (Å²) in [6, 6.07) is 13.2. The zero-order valence-corrected chi connectivity index (χ0v) is 16.9. The maximum absolute atomic E-state index is 14.6. The Labute approximate surface area is 169 Å². The predicted molar refractivity (Wildman–Crippen MR) is 107 cm³/mol. The van der Waals surface area contributed by atoms with Crippen LogP contribution in [0.3, 0.4) is 0 Å². The minimum atomic E-state index is -3.82. The Balaban J connectivity index is 1.85. The van der Waals surface area contributed by atoms with Crippen LogP contribution in [0.1, 0.15) is 28.8 Å². The first-order valence-corrected chi connectivity index (χ1v) is 10.7. The average Bonchev–Trinajstić information content (AvgIpc) is 2.72. The molecule has 2 aromatic carbocycles. The largest absolute Gasteiger partial charge is 0.496 e. The van der Waals surface area contributed by atoms with Gasteiger partial charge in [-0.15, -0.1) is 0 Å². The highest BCUT2D eigenvalue weighted by Crippen LogP contribution is 2.37. The van der Waals surface area contributed by atoms with Gasteiger partial charge in [0.15, 0.2) is 0 Å². The van der Waals surface area contributed by atoms with Gasteiger partial charge >= 0.3 is 0 Å². The second kappa shape index (κ2) is 8.48. The van der Waals surface area contributed by atoms with Crippen LogP contribution in [0.4, 0.5) is 4.39 Å². The number of ether oxygens (including phenoxy) is 1. The number of nitrogens with zero attached hydrogens (tertiary/aromatic N) is 1. The first kappa shape index (κ1) is 21.2. The average molecular weight is 421 g/mol. The minimum absolute atomic E-state index is 0.150. The number of hydrogen-bond acceptors (Lipinski definition) is 4. The number of benzene rings is 2. The highest BCUT2D eigenvalue weighted by molar-refractivity contribution is 7.86. The van der Waals surface area contributed by atoms with Gasteiger partial charge in [0.1, 0.15) is 11.6 Å². The number of piperidine rings is 1. The molecule has 0 spiro atoms. The molecule has 3 N–H and O–H groups in total. The molecule has 7 nitrogen and oxygen atoms in total. The third kappa shape index (κ3) is 4.58. The van der Waals surface area contributed by atoms with E-state index in [9.17, 15) is 17.6 Å². The van der Waals surface area contributed by atoms with Crippen molar-refractivity contribution in [1.29, 1.82) is 0 Å². The van der Waals surface area contributed by atoms with E-state index in [-0.39, 0.29) is 31.4 Å². The van der Waals surface area contributed by atoms with Crippen molar-refractivity contribution in [3.63, 3.8) is 0 Å². The van der Waals surface area contributed by atoms with Gasteiger partial charge in [-0.3, -0.25) is 4.79 Å². The van der Waals surface area contributed by atoms with E-state index in [0.29, 0.717) is 29.7 Å². The van der Waals surface area contributed by atoms with Crippen LogP contribution in [0.2, 0.25) is 0 Å². The van der Waals surface area contributed by atoms with Crippen LogP contribution in [-0.4, -0.2) is 45.4 Å². The molecule has 29 heavy (non-hydrogen) atoms. The molecular weight excluding hydrogens is 397 g/mol. The number of hydrogen-bond donors (Lipinski definition) is 2. The van der Waals surface area contributed by atoms with Crippen LogP contribution < -0.4 is 15.2 Å². The van der Waals surface area contributed by atoms with Crippen molar-refractivity contribution < 1.29 is 22.3 Å². The molecule has 0 atom stereocenters. The van der Waals surface area contributed by atoms with E-state index in [4.69, 9.17) is 9.88 Å². The fraction of sp³-hybridized carbons (Fsp3) is 0.350. The molecule has 1 aliphatic rings.